The number of esters is 1. The van der Waals surface area contributed by atoms with E-state index >= 15 is 0 Å². The molecule has 0 atom stereocenters. The second-order valence-corrected chi connectivity index (χ2v) is 7.01. The van der Waals surface area contributed by atoms with Gasteiger partial charge in [0.15, 0.2) is 0 Å². The van der Waals surface area contributed by atoms with Crippen LogP contribution in [0.25, 0.3) is 11.8 Å². The molecule has 1 aliphatic rings. The number of para-hydroxylation sites is 1. The molecule has 5 nitrogen and oxygen atoms in total. The molecule has 146 valence electrons. The topological polar surface area (TPSA) is 51.5 Å². The van der Waals surface area contributed by atoms with Crippen LogP contribution in [0.15, 0.2) is 47.2 Å². The Balaban J connectivity index is 2.16. The van der Waals surface area contributed by atoms with Gasteiger partial charge in [0.25, 0.3) is 5.91 Å². The molecule has 0 spiro atoms. The summed E-state index contributed by atoms with van der Waals surface area (Å²) in [5, 5.41) is 0. The van der Waals surface area contributed by atoms with Crippen molar-refractivity contribution in [3.63, 3.8) is 0 Å². The SMILES string of the molecule is CCN1C(=O)C(=Cc2cc(C)n(-c3ccccc3C)c2C)C(C(=O)OC)=C1C. The number of ether oxygens (including phenoxy) is 1. The van der Waals surface area contributed by atoms with Gasteiger partial charge < -0.3 is 14.2 Å². The van der Waals surface area contributed by atoms with Crippen LogP contribution < -0.4 is 0 Å². The first-order chi connectivity index (χ1) is 13.3. The van der Waals surface area contributed by atoms with Gasteiger partial charge in [-0.05, 0) is 64.0 Å². The number of nitrogens with zero attached hydrogens (tertiary/aromatic N) is 2. The molecule has 2 aromatic rings. The quantitative estimate of drug-likeness (QED) is 0.595. The predicted octanol–water partition coefficient (Wildman–Crippen LogP) is 4.10. The Labute approximate surface area is 165 Å². The molecule has 1 aliphatic heterocycles. The van der Waals surface area contributed by atoms with E-state index in [2.05, 4.69) is 23.6 Å². The number of methoxy groups -OCH3 is 1. The minimum absolute atomic E-state index is 0.166. The first-order valence-corrected chi connectivity index (χ1v) is 9.39. The Bertz CT molecular complexity index is 1020. The minimum Gasteiger partial charge on any atom is -0.465 e. The summed E-state index contributed by atoms with van der Waals surface area (Å²) in [6, 6.07) is 10.2. The van der Waals surface area contributed by atoms with Crippen molar-refractivity contribution in [1.29, 1.82) is 0 Å². The van der Waals surface area contributed by atoms with Gasteiger partial charge in [0.1, 0.15) is 0 Å². The summed E-state index contributed by atoms with van der Waals surface area (Å²) in [6.07, 6.45) is 1.81. The summed E-state index contributed by atoms with van der Waals surface area (Å²) in [4.78, 5) is 26.9. The third-order valence-electron chi connectivity index (χ3n) is 5.34. The van der Waals surface area contributed by atoms with Gasteiger partial charge in [0.05, 0.1) is 18.3 Å². The second-order valence-electron chi connectivity index (χ2n) is 7.01. The Morgan fingerprint density at radius 1 is 1.14 bits per heavy atom. The highest BCUT2D eigenvalue weighted by Crippen LogP contribution is 2.33. The fourth-order valence-electron chi connectivity index (χ4n) is 3.88. The van der Waals surface area contributed by atoms with Crippen molar-refractivity contribution in [1.82, 2.24) is 9.47 Å². The molecule has 0 aliphatic carbocycles. The lowest BCUT2D eigenvalue weighted by molar-refractivity contribution is -0.136. The van der Waals surface area contributed by atoms with E-state index in [1.54, 1.807) is 11.8 Å². The van der Waals surface area contributed by atoms with Crippen molar-refractivity contribution in [2.75, 3.05) is 13.7 Å². The third kappa shape index (κ3) is 3.07. The second kappa shape index (κ2) is 7.50. The normalized spacial score (nSPS) is 15.7. The summed E-state index contributed by atoms with van der Waals surface area (Å²) < 4.78 is 7.11. The minimum atomic E-state index is -0.485. The van der Waals surface area contributed by atoms with Crippen LogP contribution in [0, 0.1) is 20.8 Å². The van der Waals surface area contributed by atoms with E-state index in [0.29, 0.717) is 23.4 Å². The molecule has 0 bridgehead atoms. The lowest BCUT2D eigenvalue weighted by Crippen LogP contribution is -2.24. The average molecular weight is 378 g/mol. The number of aryl methyl sites for hydroxylation is 2. The number of hydrogen-bond acceptors (Lipinski definition) is 3. The first-order valence-electron chi connectivity index (χ1n) is 9.39. The maximum absolute atomic E-state index is 12.9. The number of allylic oxidation sites excluding steroid dienone is 1. The fraction of sp³-hybridized carbons (Fsp3) is 0.304. The molecule has 0 saturated heterocycles. The molecule has 0 fully saturated rings. The summed E-state index contributed by atoms with van der Waals surface area (Å²) >= 11 is 0. The molecule has 0 N–H and O–H groups in total. The molecule has 0 unspecified atom stereocenters. The van der Waals surface area contributed by atoms with Gasteiger partial charge in [-0.15, -0.1) is 0 Å². The predicted molar refractivity (Wildman–Crippen MR) is 110 cm³/mol. The molecule has 0 radical (unpaired) electrons. The Morgan fingerprint density at radius 3 is 2.43 bits per heavy atom. The maximum Gasteiger partial charge on any atom is 0.340 e. The average Bonchev–Trinajstić information content (AvgIpc) is 3.08. The summed E-state index contributed by atoms with van der Waals surface area (Å²) in [5.41, 5.74) is 6.64. The van der Waals surface area contributed by atoms with E-state index in [0.717, 1.165) is 22.6 Å². The number of carbonyl (C=O) groups is 2. The maximum atomic E-state index is 12.9. The fourth-order valence-corrected chi connectivity index (χ4v) is 3.88. The summed E-state index contributed by atoms with van der Waals surface area (Å²) in [5.74, 6) is -0.651. The highest BCUT2D eigenvalue weighted by molar-refractivity contribution is 6.16. The van der Waals surface area contributed by atoms with Gasteiger partial charge in [0.2, 0.25) is 0 Å². The van der Waals surface area contributed by atoms with Gasteiger partial charge in [-0.2, -0.15) is 0 Å². The van der Waals surface area contributed by atoms with Gasteiger partial charge in [-0.1, -0.05) is 18.2 Å². The van der Waals surface area contributed by atoms with E-state index in [9.17, 15) is 9.59 Å². The molecule has 2 heterocycles. The molecular formula is C23H26N2O3. The van der Waals surface area contributed by atoms with Crippen LogP contribution in [0.5, 0.6) is 0 Å². The number of benzene rings is 1. The highest BCUT2D eigenvalue weighted by atomic mass is 16.5. The standard InChI is InChI=1S/C23H26N2O3/c1-7-24-17(5)21(23(27)28-6)19(22(24)26)13-18-12-15(3)25(16(18)4)20-11-9-8-10-14(20)2/h8-13H,7H2,1-6H3. The summed E-state index contributed by atoms with van der Waals surface area (Å²) in [7, 11) is 1.34. The van der Waals surface area contributed by atoms with Crippen molar-refractivity contribution in [2.45, 2.75) is 34.6 Å². The monoisotopic (exact) mass is 378 g/mol. The van der Waals surface area contributed by atoms with E-state index < -0.39 is 5.97 Å². The molecule has 1 aromatic heterocycles. The van der Waals surface area contributed by atoms with Crippen LogP contribution in [-0.2, 0) is 14.3 Å². The molecule has 5 heteroatoms. The molecule has 28 heavy (non-hydrogen) atoms. The van der Waals surface area contributed by atoms with E-state index in [1.807, 2.05) is 45.0 Å². The van der Waals surface area contributed by atoms with Crippen molar-refractivity contribution in [3.05, 3.63) is 69.7 Å². The van der Waals surface area contributed by atoms with Crippen molar-refractivity contribution >= 4 is 18.0 Å². The van der Waals surface area contributed by atoms with Gasteiger partial charge in [-0.3, -0.25) is 4.79 Å². The third-order valence-corrected chi connectivity index (χ3v) is 5.34. The van der Waals surface area contributed by atoms with Gasteiger partial charge >= 0.3 is 5.97 Å². The van der Waals surface area contributed by atoms with Gasteiger partial charge in [-0.25, -0.2) is 4.79 Å². The van der Waals surface area contributed by atoms with E-state index in [-0.39, 0.29) is 5.91 Å². The smallest absolute Gasteiger partial charge is 0.340 e. The molecule has 3 rings (SSSR count). The molecule has 0 saturated carbocycles. The Morgan fingerprint density at radius 2 is 1.82 bits per heavy atom. The van der Waals surface area contributed by atoms with E-state index in [4.69, 9.17) is 4.74 Å². The van der Waals surface area contributed by atoms with Crippen LogP contribution in [0.3, 0.4) is 0 Å². The number of aromatic nitrogens is 1. The molecular weight excluding hydrogens is 352 g/mol. The van der Waals surface area contributed by atoms with E-state index in [1.165, 1.54) is 12.7 Å². The zero-order valence-electron chi connectivity index (χ0n) is 17.3. The Kier molecular flexibility index (Phi) is 5.27. The Hall–Kier alpha value is -3.08. The zero-order valence-corrected chi connectivity index (χ0v) is 17.3. The number of likely N-dealkylation sites (N-methyl/N-ethyl adjacent to an activating group) is 1. The highest BCUT2D eigenvalue weighted by Gasteiger charge is 2.36. The summed E-state index contributed by atoms with van der Waals surface area (Å²) in [6.45, 7) is 10.3. The lowest BCUT2D eigenvalue weighted by atomic mass is 10.0. The van der Waals surface area contributed by atoms with Crippen LogP contribution >= 0.6 is 0 Å². The number of rotatable bonds is 4. The number of carbonyl (C=O) groups excluding carboxylic acids is 2. The number of hydrogen-bond donors (Lipinski definition) is 0. The largest absolute Gasteiger partial charge is 0.465 e. The van der Waals surface area contributed by atoms with Crippen LogP contribution in [0.1, 0.15) is 36.4 Å². The van der Waals surface area contributed by atoms with Crippen LogP contribution in [0.4, 0.5) is 0 Å². The lowest BCUT2D eigenvalue weighted by Gasteiger charge is -2.14. The van der Waals surface area contributed by atoms with Crippen LogP contribution in [0.2, 0.25) is 0 Å². The van der Waals surface area contributed by atoms with Crippen molar-refractivity contribution < 1.29 is 14.3 Å². The first kappa shape index (κ1) is 19.7. The van der Waals surface area contributed by atoms with Gasteiger partial charge in [0, 0.05) is 29.3 Å². The molecule has 1 amide bonds. The number of amides is 1. The van der Waals surface area contributed by atoms with Crippen LogP contribution in [-0.4, -0.2) is 35.0 Å². The van der Waals surface area contributed by atoms with Crippen molar-refractivity contribution in [2.24, 2.45) is 0 Å². The van der Waals surface area contributed by atoms with Crippen molar-refractivity contribution in [3.8, 4) is 5.69 Å². The molecule has 1 aromatic carbocycles. The zero-order chi connectivity index (χ0) is 20.6.